The van der Waals surface area contributed by atoms with E-state index in [2.05, 4.69) is 20.8 Å². The summed E-state index contributed by atoms with van der Waals surface area (Å²) in [5.41, 5.74) is -0.0756. The molecule has 242 valence electrons. The van der Waals surface area contributed by atoms with E-state index < -0.39 is 11.7 Å². The molecule has 43 heavy (non-hydrogen) atoms. The van der Waals surface area contributed by atoms with Crippen LogP contribution in [-0.4, -0.2) is 78.4 Å². The summed E-state index contributed by atoms with van der Waals surface area (Å²) >= 11 is 0. The van der Waals surface area contributed by atoms with Crippen LogP contribution < -0.4 is 0 Å². The number of carbonyl (C=O) groups is 2. The highest BCUT2D eigenvalue weighted by molar-refractivity contribution is 5.68. The van der Waals surface area contributed by atoms with E-state index in [4.69, 9.17) is 18.9 Å². The summed E-state index contributed by atoms with van der Waals surface area (Å²) in [5.74, 6) is 2.15. The molecule has 0 radical (unpaired) electrons. The zero-order valence-electron chi connectivity index (χ0n) is 27.4. The monoisotopic (exact) mass is 601 g/mol. The van der Waals surface area contributed by atoms with Gasteiger partial charge in [0.1, 0.15) is 6.10 Å². The molecule has 8 heteroatoms. The van der Waals surface area contributed by atoms with Crippen LogP contribution in [-0.2, 0) is 23.7 Å². The van der Waals surface area contributed by atoms with Gasteiger partial charge in [-0.05, 0) is 118 Å². The fourth-order valence-electron chi connectivity index (χ4n) is 12.5. The summed E-state index contributed by atoms with van der Waals surface area (Å²) < 4.78 is 24.2. The van der Waals surface area contributed by atoms with Gasteiger partial charge in [-0.15, -0.1) is 0 Å². The summed E-state index contributed by atoms with van der Waals surface area (Å²) in [6, 6.07) is 0. The first-order chi connectivity index (χ1) is 20.2. The lowest BCUT2D eigenvalue weighted by Gasteiger charge is -2.59. The Morgan fingerprint density at radius 2 is 1.65 bits per heavy atom. The van der Waals surface area contributed by atoms with Crippen molar-refractivity contribution in [3.05, 3.63) is 0 Å². The number of amides is 1. The van der Waals surface area contributed by atoms with Gasteiger partial charge in [-0.25, -0.2) is 4.79 Å². The molecule has 7 aliphatic rings. The zero-order chi connectivity index (χ0) is 30.6. The molecule has 8 nitrogen and oxygen atoms in total. The molecule has 7 fully saturated rings. The second kappa shape index (κ2) is 10.1. The Morgan fingerprint density at radius 3 is 2.35 bits per heavy atom. The smallest absolute Gasteiger partial charge is 0.410 e. The first-order valence-electron chi connectivity index (χ1n) is 17.3. The number of carbonyl (C=O) groups excluding carboxylic acids is 2. The molecular formula is C35H55NO7. The Kier molecular flexibility index (Phi) is 7.08. The van der Waals surface area contributed by atoms with Gasteiger partial charge in [-0.3, -0.25) is 4.79 Å². The molecule has 11 atom stereocenters. The predicted octanol–water partition coefficient (Wildman–Crippen LogP) is 5.73. The topological polar surface area (TPSA) is 94.5 Å². The molecule has 0 aromatic carbocycles. The number of rotatable bonds is 4. The average molecular weight is 602 g/mol. The third-order valence-corrected chi connectivity index (χ3v) is 14.4. The van der Waals surface area contributed by atoms with Crippen molar-refractivity contribution in [2.75, 3.05) is 26.3 Å². The fourth-order valence-corrected chi connectivity index (χ4v) is 12.5. The van der Waals surface area contributed by atoms with Gasteiger partial charge in [0.15, 0.2) is 6.10 Å². The Bertz CT molecular complexity index is 1130. The van der Waals surface area contributed by atoms with Gasteiger partial charge in [-0.1, -0.05) is 20.8 Å². The molecule has 2 saturated heterocycles. The number of aliphatic hydroxyl groups is 1. The highest BCUT2D eigenvalue weighted by atomic mass is 16.6. The van der Waals surface area contributed by atoms with E-state index in [-0.39, 0.29) is 41.2 Å². The Morgan fingerprint density at radius 1 is 0.930 bits per heavy atom. The van der Waals surface area contributed by atoms with E-state index in [9.17, 15) is 14.7 Å². The minimum absolute atomic E-state index is 0.0258. The average Bonchev–Trinajstić information content (AvgIpc) is 3.53. The van der Waals surface area contributed by atoms with Crippen LogP contribution in [0.25, 0.3) is 0 Å². The van der Waals surface area contributed by atoms with Gasteiger partial charge in [0, 0.05) is 25.4 Å². The van der Waals surface area contributed by atoms with Gasteiger partial charge in [0.05, 0.1) is 31.0 Å². The zero-order valence-corrected chi connectivity index (χ0v) is 27.4. The number of fused-ring (bicyclic) bond motifs is 4. The van der Waals surface area contributed by atoms with Crippen LogP contribution in [0.5, 0.6) is 0 Å². The van der Waals surface area contributed by atoms with Crippen LogP contribution in [0.2, 0.25) is 0 Å². The molecule has 1 N–H and O–H groups in total. The third-order valence-electron chi connectivity index (χ3n) is 14.4. The second-order valence-corrected chi connectivity index (χ2v) is 17.0. The summed E-state index contributed by atoms with van der Waals surface area (Å²) in [4.78, 5) is 26.8. The van der Waals surface area contributed by atoms with E-state index >= 15 is 0 Å². The minimum atomic E-state index is -1.15. The predicted molar refractivity (Wildman–Crippen MR) is 160 cm³/mol. The maximum Gasteiger partial charge on any atom is 0.410 e. The number of esters is 1. The van der Waals surface area contributed by atoms with Gasteiger partial charge >= 0.3 is 12.1 Å². The lowest BCUT2D eigenvalue weighted by molar-refractivity contribution is -0.200. The Balaban J connectivity index is 1.07. The van der Waals surface area contributed by atoms with Gasteiger partial charge < -0.3 is 29.0 Å². The number of hydrogen-bond acceptors (Lipinski definition) is 7. The maximum absolute atomic E-state index is 13.1. The van der Waals surface area contributed by atoms with Crippen molar-refractivity contribution < 1.29 is 33.6 Å². The standard InChI is InChI=1S/C35H55NO7/c1-21(37)41-29(32(4,5)39)25-9-7-23-26(42-25)19-24-22-8-10-27-31(2,3)28(43-30(38)36-15-17-40-18-16-36)11-12-35(27)20-34(22,35)14-13-33(23,24)6/h22-29,39H,7-20H2,1-6H3/t22?,23?,24?,25?,26?,27?,28-,29-,33?,34-,35+/m0/s1. The van der Waals surface area contributed by atoms with Crippen LogP contribution in [0.15, 0.2) is 0 Å². The van der Waals surface area contributed by atoms with Gasteiger partial charge in [0.25, 0.3) is 0 Å². The van der Waals surface area contributed by atoms with E-state index in [0.717, 1.165) is 31.6 Å². The molecule has 0 aromatic heterocycles. The van der Waals surface area contributed by atoms with Crippen LogP contribution in [0.1, 0.15) is 106 Å². The van der Waals surface area contributed by atoms with Gasteiger partial charge in [0.2, 0.25) is 0 Å². The molecule has 7 unspecified atom stereocenters. The van der Waals surface area contributed by atoms with Crippen molar-refractivity contribution in [3.63, 3.8) is 0 Å². The second-order valence-electron chi connectivity index (χ2n) is 17.0. The third kappa shape index (κ3) is 4.45. The van der Waals surface area contributed by atoms with E-state index in [1.165, 1.54) is 45.4 Å². The van der Waals surface area contributed by atoms with Crippen molar-refractivity contribution in [3.8, 4) is 0 Å². The molecule has 2 heterocycles. The molecule has 7 rings (SSSR count). The Labute approximate surface area is 257 Å². The highest BCUT2D eigenvalue weighted by Gasteiger charge is 2.81. The molecule has 2 spiro atoms. The molecular weight excluding hydrogens is 546 g/mol. The Hall–Kier alpha value is -1.38. The minimum Gasteiger partial charge on any atom is -0.457 e. The van der Waals surface area contributed by atoms with Crippen LogP contribution in [0, 0.1) is 45.3 Å². The molecule has 0 aromatic rings. The summed E-state index contributed by atoms with van der Waals surface area (Å²) in [5, 5.41) is 10.9. The van der Waals surface area contributed by atoms with Crippen molar-refractivity contribution in [2.24, 2.45) is 45.3 Å². The number of morpholine rings is 1. The largest absolute Gasteiger partial charge is 0.457 e. The molecule has 2 aliphatic heterocycles. The van der Waals surface area contributed by atoms with Crippen LogP contribution in [0.4, 0.5) is 4.79 Å². The fraction of sp³-hybridized carbons (Fsp3) is 0.943. The van der Waals surface area contributed by atoms with E-state index in [0.29, 0.717) is 54.9 Å². The first kappa shape index (κ1) is 30.3. The molecule has 5 aliphatic carbocycles. The van der Waals surface area contributed by atoms with Crippen molar-refractivity contribution in [1.29, 1.82) is 0 Å². The van der Waals surface area contributed by atoms with Gasteiger partial charge in [-0.2, -0.15) is 0 Å². The van der Waals surface area contributed by atoms with E-state index in [1.807, 2.05) is 4.90 Å². The van der Waals surface area contributed by atoms with Crippen molar-refractivity contribution in [1.82, 2.24) is 4.90 Å². The lowest BCUT2D eigenvalue weighted by atomic mass is 9.46. The highest BCUT2D eigenvalue weighted by Crippen LogP contribution is 2.87. The van der Waals surface area contributed by atoms with Crippen molar-refractivity contribution >= 4 is 12.1 Å². The summed E-state index contributed by atoms with van der Waals surface area (Å²) in [6.45, 7) is 14.6. The normalized spacial score (nSPS) is 47.1. The van der Waals surface area contributed by atoms with E-state index in [1.54, 1.807) is 13.8 Å². The molecule has 5 saturated carbocycles. The quantitative estimate of drug-likeness (QED) is 0.411. The SMILES string of the molecule is CC(=O)O[C@@H](C1CCC2C(CC3C4CCC5C(C)(C)[C@@H](OC(=O)N6CCOCC6)CC[C@@]56C[C@@]46CCC23C)O1)C(C)(C)O. The first-order valence-corrected chi connectivity index (χ1v) is 17.3. The lowest BCUT2D eigenvalue weighted by Crippen LogP contribution is -2.56. The summed E-state index contributed by atoms with van der Waals surface area (Å²) in [7, 11) is 0. The number of nitrogens with zero attached hydrogens (tertiary/aromatic N) is 1. The molecule has 0 bridgehead atoms. The number of ether oxygens (including phenoxy) is 4. The van der Waals surface area contributed by atoms with Crippen LogP contribution >= 0.6 is 0 Å². The summed E-state index contributed by atoms with van der Waals surface area (Å²) in [6.07, 6.45) is 10.7. The number of hydrogen-bond donors (Lipinski definition) is 1. The molecule has 1 amide bonds. The van der Waals surface area contributed by atoms with Crippen LogP contribution in [0.3, 0.4) is 0 Å². The van der Waals surface area contributed by atoms with Crippen molar-refractivity contribution in [2.45, 2.75) is 136 Å². The maximum atomic E-state index is 13.1.